The van der Waals surface area contributed by atoms with E-state index >= 15 is 0 Å². The van der Waals surface area contributed by atoms with Gasteiger partial charge in [0.1, 0.15) is 29.5 Å². The molecule has 12 unspecified atom stereocenters. The molecule has 1 radical (unpaired) electrons. The predicted molar refractivity (Wildman–Crippen MR) is 180 cm³/mol. The fraction of sp³-hybridized carbons (Fsp3) is 0.649. The number of fused-ring (bicyclic) bond motifs is 1. The maximum Gasteiger partial charge on any atom is 0.338 e. The minimum Gasteiger partial charge on any atom is -0.456 e. The first-order chi connectivity index (χ1) is 23.2. The fourth-order valence-electron chi connectivity index (χ4n) is 8.05. The Balaban J connectivity index is 0.00000702. The van der Waals surface area contributed by atoms with Gasteiger partial charge in [0.2, 0.25) is 5.91 Å². The van der Waals surface area contributed by atoms with Crippen LogP contribution in [-0.2, 0) is 23.8 Å². The minimum atomic E-state index is -2.25. The number of ether oxygens (including phenoxy) is 3. The number of aliphatic hydroxyl groups excluding tert-OH is 4. The summed E-state index contributed by atoms with van der Waals surface area (Å²) >= 11 is 0. The Labute approximate surface area is 335 Å². The van der Waals surface area contributed by atoms with Crippen molar-refractivity contribution in [1.82, 2.24) is 5.32 Å². The molecule has 1 amide bonds. The van der Waals surface area contributed by atoms with Gasteiger partial charge in [0.15, 0.2) is 6.10 Å². The Hall–Kier alpha value is -1.73. The second-order valence-electron chi connectivity index (χ2n) is 15.0. The number of aliphatic hydroxyl groups is 6. The summed E-state index contributed by atoms with van der Waals surface area (Å²) < 4.78 is 17.7. The molecule has 1 aliphatic heterocycles. The molecule has 1 heterocycles. The zero-order valence-electron chi connectivity index (χ0n) is 30.6. The van der Waals surface area contributed by atoms with Crippen LogP contribution in [0.3, 0.4) is 0 Å². The van der Waals surface area contributed by atoms with E-state index in [2.05, 4.69) is 5.32 Å². The van der Waals surface area contributed by atoms with Crippen molar-refractivity contribution < 1.29 is 103 Å². The van der Waals surface area contributed by atoms with E-state index in [9.17, 15) is 45.0 Å². The third-order valence-electron chi connectivity index (χ3n) is 11.0. The molecule has 2 fully saturated rings. The Morgan fingerprint density at radius 2 is 1.67 bits per heavy atom. The summed E-state index contributed by atoms with van der Waals surface area (Å²) in [6, 6.07) is 6.88. The predicted octanol–water partition coefficient (Wildman–Crippen LogP) is 1.32. The average Bonchev–Trinajstić information content (AvgIpc) is 3.03. The molecule has 1 saturated carbocycles. The van der Waals surface area contributed by atoms with Gasteiger partial charge in [-0.15, -0.1) is 0 Å². The van der Waals surface area contributed by atoms with Crippen molar-refractivity contribution in [2.45, 2.75) is 128 Å². The Kier molecular flexibility index (Phi) is 14.3. The molecular weight excluding hydrogens is 877 g/mol. The third kappa shape index (κ3) is 8.50. The van der Waals surface area contributed by atoms with Gasteiger partial charge >= 0.3 is 11.9 Å². The second kappa shape index (κ2) is 16.7. The van der Waals surface area contributed by atoms with Gasteiger partial charge in [-0.2, -0.15) is 0 Å². The zero-order valence-corrected chi connectivity index (χ0v) is 35.3. The van der Waals surface area contributed by atoms with Gasteiger partial charge in [-0.3, -0.25) is 4.79 Å². The summed E-state index contributed by atoms with van der Waals surface area (Å²) in [6.45, 7) is 12.3. The molecule has 1 aromatic carbocycles. The van der Waals surface area contributed by atoms with Crippen molar-refractivity contribution in [2.24, 2.45) is 17.3 Å². The quantitative estimate of drug-likeness (QED) is 0.124. The van der Waals surface area contributed by atoms with Crippen molar-refractivity contribution in [1.29, 1.82) is 0 Å². The van der Waals surface area contributed by atoms with Crippen LogP contribution in [-0.4, -0.2) is 115 Å². The molecule has 3 aliphatic rings. The van der Waals surface area contributed by atoms with Crippen LogP contribution in [0.1, 0.15) is 78.6 Å². The van der Waals surface area contributed by atoms with E-state index in [1.165, 1.54) is 32.1 Å². The van der Waals surface area contributed by atoms with Gasteiger partial charge in [0.25, 0.3) is 0 Å². The Morgan fingerprint density at radius 3 is 2.18 bits per heavy atom. The fourth-order valence-corrected chi connectivity index (χ4v) is 8.05. The minimum absolute atomic E-state index is 0. The number of carbonyl (C=O) groups is 3. The first-order valence-electron chi connectivity index (χ1n) is 17.1. The summed E-state index contributed by atoms with van der Waals surface area (Å²) in [5, 5.41) is 72.1. The van der Waals surface area contributed by atoms with E-state index in [0.717, 1.165) is 0 Å². The van der Waals surface area contributed by atoms with Crippen LogP contribution in [0.2, 0.25) is 0 Å². The van der Waals surface area contributed by atoms with Crippen LogP contribution in [0.4, 0.5) is 0 Å². The number of esters is 2. The standard InChI is InChI=1S/C37H53NO12.Ac/c1-18(2)14-24(38-22(6)40)31(43)34(45)49-26-16-37(47,35(7,8)28(20(26)4)30(42)21(5)39)32(50-33(44)23-12-10-9-11-13-23)29-19(3)25(41)15-27-36(29,46)17-48-27;/h9-14,19,21,24-27,29-32,39,41-43,46-47H,15-17H2,1-8H3,(H,38,40);. The van der Waals surface area contributed by atoms with Crippen LogP contribution in [0.5, 0.6) is 0 Å². The molecule has 2 aliphatic carbocycles. The van der Waals surface area contributed by atoms with Gasteiger partial charge in [-0.1, -0.05) is 50.6 Å². The third-order valence-corrected chi connectivity index (χ3v) is 11.0. The molecule has 4 rings (SSSR count). The van der Waals surface area contributed by atoms with E-state index in [1.807, 2.05) is 0 Å². The molecule has 12 atom stereocenters. The van der Waals surface area contributed by atoms with E-state index in [4.69, 9.17) is 14.2 Å². The van der Waals surface area contributed by atoms with E-state index < -0.39 is 101 Å². The monoisotopic (exact) mass is 930 g/mol. The largest absolute Gasteiger partial charge is 0.456 e. The van der Waals surface area contributed by atoms with Crippen LogP contribution in [0, 0.1) is 61.3 Å². The molecule has 1 aromatic rings. The van der Waals surface area contributed by atoms with Crippen LogP contribution in [0.15, 0.2) is 53.1 Å². The van der Waals surface area contributed by atoms with E-state index in [1.54, 1.807) is 59.7 Å². The molecule has 0 aromatic heterocycles. The normalized spacial score (nSPS) is 32.7. The molecule has 7 N–H and O–H groups in total. The molecule has 0 spiro atoms. The van der Waals surface area contributed by atoms with Crippen LogP contribution < -0.4 is 5.32 Å². The number of amides is 1. The maximum atomic E-state index is 13.8. The smallest absolute Gasteiger partial charge is 0.338 e. The zero-order chi connectivity index (χ0) is 37.5. The van der Waals surface area contributed by atoms with Gasteiger partial charge < -0.3 is 50.2 Å². The topological polar surface area (TPSA) is 212 Å². The molecule has 0 bridgehead atoms. The van der Waals surface area contributed by atoms with E-state index in [-0.39, 0.29) is 73.8 Å². The summed E-state index contributed by atoms with van der Waals surface area (Å²) in [5.74, 6) is -4.34. The van der Waals surface area contributed by atoms with Crippen LogP contribution in [0.25, 0.3) is 0 Å². The van der Waals surface area contributed by atoms with Gasteiger partial charge in [-0.25, -0.2) is 9.59 Å². The van der Waals surface area contributed by atoms with Crippen molar-refractivity contribution >= 4 is 17.8 Å². The second-order valence-corrected chi connectivity index (χ2v) is 15.0. The molecule has 281 valence electrons. The van der Waals surface area contributed by atoms with Gasteiger partial charge in [-0.05, 0) is 56.9 Å². The van der Waals surface area contributed by atoms with Crippen molar-refractivity contribution in [3.8, 4) is 0 Å². The van der Waals surface area contributed by atoms with E-state index in [0.29, 0.717) is 5.57 Å². The molecule has 1 saturated heterocycles. The molecular formula is C37H53AcNO12. The Bertz CT molecular complexity index is 1490. The number of carbonyl (C=O) groups excluding carboxylic acids is 3. The molecule has 14 heteroatoms. The maximum absolute atomic E-state index is 13.8. The van der Waals surface area contributed by atoms with Crippen molar-refractivity contribution in [2.75, 3.05) is 6.61 Å². The van der Waals surface area contributed by atoms with Crippen molar-refractivity contribution in [3.63, 3.8) is 0 Å². The number of nitrogens with one attached hydrogen (secondary N) is 1. The molecule has 13 nitrogen and oxygen atoms in total. The van der Waals surface area contributed by atoms with Gasteiger partial charge in [0.05, 0.1) is 36.5 Å². The number of hydrogen-bond acceptors (Lipinski definition) is 12. The SMILES string of the molecule is CC(=O)NC(C=C(C)C)C(O)C(=O)OC1CC(O)(C(OC(=O)c2ccccc2)C2C(C)C(O)CC3OCC32O)C(C)(C)C(C(O)C(C)O)=C1C.[Ac]. The number of benzene rings is 1. The first kappa shape index (κ1) is 43.7. The van der Waals surface area contributed by atoms with Crippen molar-refractivity contribution in [3.05, 3.63) is 58.7 Å². The summed E-state index contributed by atoms with van der Waals surface area (Å²) in [4.78, 5) is 39.3. The number of allylic oxidation sites excluding steroid dienone is 1. The molecule has 51 heavy (non-hydrogen) atoms. The summed E-state index contributed by atoms with van der Waals surface area (Å²) in [5.41, 5.74) is -4.20. The van der Waals surface area contributed by atoms with Crippen LogP contribution >= 0.6 is 0 Å². The average molecular weight is 931 g/mol. The number of hydrogen-bond donors (Lipinski definition) is 7. The number of rotatable bonds is 11. The Morgan fingerprint density at radius 1 is 1.06 bits per heavy atom. The summed E-state index contributed by atoms with van der Waals surface area (Å²) in [6.07, 6.45) is -8.45. The van der Waals surface area contributed by atoms with Gasteiger partial charge in [0, 0.05) is 75.2 Å². The summed E-state index contributed by atoms with van der Waals surface area (Å²) in [7, 11) is 0. The first-order valence-corrected chi connectivity index (χ1v) is 17.1.